The molecule has 35 heavy (non-hydrogen) atoms. The van der Waals surface area contributed by atoms with Crippen molar-refractivity contribution in [3.05, 3.63) is 134 Å². The SMILES string of the molecule is Oc1c(-c2ccc(-c3ccccc3)cc2)cc(-c2ccc(-c3ccccc3)cc2)c2cccnc12. The van der Waals surface area contributed by atoms with Crippen molar-refractivity contribution in [2.45, 2.75) is 0 Å². The summed E-state index contributed by atoms with van der Waals surface area (Å²) < 4.78 is 0. The number of phenolic OH excluding ortho intramolecular Hbond substituents is 1. The van der Waals surface area contributed by atoms with Gasteiger partial charge in [-0.1, -0.05) is 115 Å². The first-order valence-corrected chi connectivity index (χ1v) is 11.7. The predicted octanol–water partition coefficient (Wildman–Crippen LogP) is 8.61. The Bertz CT molecular complexity index is 1600. The second-order valence-corrected chi connectivity index (χ2v) is 8.61. The number of rotatable bonds is 4. The Morgan fingerprint density at radius 2 is 0.886 bits per heavy atom. The zero-order chi connectivity index (χ0) is 23.6. The molecule has 0 saturated carbocycles. The van der Waals surface area contributed by atoms with E-state index in [2.05, 4.69) is 96.0 Å². The standard InChI is InChI=1S/C33H23NO/c35-33-31(28-19-15-26(16-20-28)24-10-5-2-6-11-24)22-30(29-12-7-21-34-32(29)33)27-17-13-25(14-18-27)23-8-3-1-4-9-23/h1-22,35H. The van der Waals surface area contributed by atoms with Gasteiger partial charge in [0, 0.05) is 17.1 Å². The summed E-state index contributed by atoms with van der Waals surface area (Å²) in [6, 6.07) is 43.6. The molecule has 0 fully saturated rings. The van der Waals surface area contributed by atoms with Crippen LogP contribution in [0.5, 0.6) is 5.75 Å². The van der Waals surface area contributed by atoms with Crippen LogP contribution in [0.25, 0.3) is 55.4 Å². The van der Waals surface area contributed by atoms with Crippen LogP contribution in [0, 0.1) is 0 Å². The summed E-state index contributed by atoms with van der Waals surface area (Å²) in [6.45, 7) is 0. The van der Waals surface area contributed by atoms with E-state index in [1.165, 1.54) is 16.7 Å². The molecule has 0 aliphatic carbocycles. The molecule has 0 aliphatic rings. The van der Waals surface area contributed by atoms with Gasteiger partial charge in [-0.3, -0.25) is 4.98 Å². The maximum atomic E-state index is 11.2. The summed E-state index contributed by atoms with van der Waals surface area (Å²) in [5, 5.41) is 12.1. The van der Waals surface area contributed by atoms with Crippen molar-refractivity contribution in [2.75, 3.05) is 0 Å². The molecule has 1 heterocycles. The van der Waals surface area contributed by atoms with E-state index in [-0.39, 0.29) is 5.75 Å². The highest BCUT2D eigenvalue weighted by atomic mass is 16.3. The highest BCUT2D eigenvalue weighted by Crippen LogP contribution is 2.41. The lowest BCUT2D eigenvalue weighted by atomic mass is 9.92. The molecule has 0 saturated heterocycles. The lowest BCUT2D eigenvalue weighted by molar-refractivity contribution is 0.482. The fourth-order valence-electron chi connectivity index (χ4n) is 4.63. The van der Waals surface area contributed by atoms with E-state index in [9.17, 15) is 5.11 Å². The highest BCUT2D eigenvalue weighted by Gasteiger charge is 2.15. The van der Waals surface area contributed by atoms with Crippen molar-refractivity contribution in [1.82, 2.24) is 4.98 Å². The normalized spacial score (nSPS) is 11.0. The van der Waals surface area contributed by atoms with Crippen molar-refractivity contribution >= 4 is 10.9 Å². The van der Waals surface area contributed by atoms with Crippen LogP contribution in [-0.4, -0.2) is 10.1 Å². The Kier molecular flexibility index (Phi) is 5.32. The first-order chi connectivity index (χ1) is 17.3. The number of pyridine rings is 1. The van der Waals surface area contributed by atoms with Crippen LogP contribution >= 0.6 is 0 Å². The molecule has 0 radical (unpaired) electrons. The average Bonchev–Trinajstić information content (AvgIpc) is 2.95. The number of phenols is 1. The largest absolute Gasteiger partial charge is 0.505 e. The van der Waals surface area contributed by atoms with Gasteiger partial charge in [0.2, 0.25) is 0 Å². The Labute approximate surface area is 204 Å². The Morgan fingerprint density at radius 3 is 1.43 bits per heavy atom. The van der Waals surface area contributed by atoms with E-state index >= 15 is 0 Å². The summed E-state index contributed by atoms with van der Waals surface area (Å²) in [7, 11) is 0. The van der Waals surface area contributed by atoms with E-state index in [4.69, 9.17) is 0 Å². The Morgan fingerprint density at radius 1 is 0.429 bits per heavy atom. The van der Waals surface area contributed by atoms with E-state index in [0.29, 0.717) is 5.52 Å². The second-order valence-electron chi connectivity index (χ2n) is 8.61. The summed E-state index contributed by atoms with van der Waals surface area (Å²) in [5.74, 6) is 0.206. The van der Waals surface area contributed by atoms with Crippen molar-refractivity contribution in [3.63, 3.8) is 0 Å². The molecule has 0 bridgehead atoms. The van der Waals surface area contributed by atoms with Crippen LogP contribution in [-0.2, 0) is 0 Å². The molecule has 0 unspecified atom stereocenters. The van der Waals surface area contributed by atoms with Crippen molar-refractivity contribution in [1.29, 1.82) is 0 Å². The van der Waals surface area contributed by atoms with Gasteiger partial charge in [-0.05, 0) is 51.1 Å². The molecule has 6 rings (SSSR count). The maximum Gasteiger partial charge on any atom is 0.149 e. The van der Waals surface area contributed by atoms with Crippen LogP contribution in [0.4, 0.5) is 0 Å². The molecule has 166 valence electrons. The third kappa shape index (κ3) is 3.96. The summed E-state index contributed by atoms with van der Waals surface area (Å²) in [5.41, 5.74) is 9.15. The zero-order valence-corrected chi connectivity index (χ0v) is 19.1. The lowest BCUT2D eigenvalue weighted by Crippen LogP contribution is -1.89. The van der Waals surface area contributed by atoms with Crippen LogP contribution in [0.1, 0.15) is 0 Å². The smallest absolute Gasteiger partial charge is 0.149 e. The second kappa shape index (κ2) is 8.92. The molecule has 2 nitrogen and oxygen atoms in total. The predicted molar refractivity (Wildman–Crippen MR) is 145 cm³/mol. The topological polar surface area (TPSA) is 33.1 Å². The van der Waals surface area contributed by atoms with Crippen LogP contribution < -0.4 is 0 Å². The van der Waals surface area contributed by atoms with Gasteiger partial charge in [-0.25, -0.2) is 0 Å². The van der Waals surface area contributed by atoms with Crippen molar-refractivity contribution < 1.29 is 5.11 Å². The Balaban J connectivity index is 1.46. The number of hydrogen-bond donors (Lipinski definition) is 1. The first-order valence-electron chi connectivity index (χ1n) is 11.7. The van der Waals surface area contributed by atoms with E-state index in [1.807, 2.05) is 36.4 Å². The molecule has 1 N–H and O–H groups in total. The third-order valence-corrected chi connectivity index (χ3v) is 6.47. The van der Waals surface area contributed by atoms with Gasteiger partial charge in [0.25, 0.3) is 0 Å². The lowest BCUT2D eigenvalue weighted by Gasteiger charge is -2.14. The van der Waals surface area contributed by atoms with Gasteiger partial charge in [0.05, 0.1) is 0 Å². The molecule has 0 amide bonds. The number of fused-ring (bicyclic) bond motifs is 1. The summed E-state index contributed by atoms with van der Waals surface area (Å²) in [6.07, 6.45) is 1.73. The van der Waals surface area contributed by atoms with E-state index in [0.717, 1.165) is 33.2 Å². The molecular formula is C33H23NO. The van der Waals surface area contributed by atoms with Gasteiger partial charge in [0.15, 0.2) is 0 Å². The molecule has 2 heteroatoms. The molecule has 0 atom stereocenters. The first kappa shape index (κ1) is 20.9. The quantitative estimate of drug-likeness (QED) is 0.292. The number of benzene rings is 5. The minimum absolute atomic E-state index is 0.206. The number of nitrogens with zero attached hydrogens (tertiary/aromatic N) is 1. The number of aromatic nitrogens is 1. The summed E-state index contributed by atoms with van der Waals surface area (Å²) >= 11 is 0. The fraction of sp³-hybridized carbons (Fsp3) is 0. The van der Waals surface area contributed by atoms with Gasteiger partial charge in [-0.2, -0.15) is 0 Å². The molecule has 0 aliphatic heterocycles. The minimum Gasteiger partial charge on any atom is -0.505 e. The van der Waals surface area contributed by atoms with Crippen molar-refractivity contribution in [2.24, 2.45) is 0 Å². The zero-order valence-electron chi connectivity index (χ0n) is 19.1. The van der Waals surface area contributed by atoms with Gasteiger partial charge in [-0.15, -0.1) is 0 Å². The molecule has 6 aromatic rings. The fourth-order valence-corrected chi connectivity index (χ4v) is 4.63. The highest BCUT2D eigenvalue weighted by molar-refractivity contribution is 6.02. The average molecular weight is 450 g/mol. The van der Waals surface area contributed by atoms with Crippen LogP contribution in [0.15, 0.2) is 134 Å². The molecule has 1 aromatic heterocycles. The van der Waals surface area contributed by atoms with Gasteiger partial charge < -0.3 is 5.11 Å². The molecular weight excluding hydrogens is 426 g/mol. The minimum atomic E-state index is 0.206. The monoisotopic (exact) mass is 449 g/mol. The molecule has 5 aromatic carbocycles. The number of hydrogen-bond acceptors (Lipinski definition) is 2. The van der Waals surface area contributed by atoms with Crippen LogP contribution in [0.2, 0.25) is 0 Å². The molecule has 0 spiro atoms. The Hall–Kier alpha value is -4.69. The van der Waals surface area contributed by atoms with E-state index < -0.39 is 0 Å². The number of aromatic hydroxyl groups is 1. The van der Waals surface area contributed by atoms with Crippen molar-refractivity contribution in [3.8, 4) is 50.3 Å². The van der Waals surface area contributed by atoms with E-state index in [1.54, 1.807) is 6.20 Å². The summed E-state index contributed by atoms with van der Waals surface area (Å²) in [4.78, 5) is 4.53. The van der Waals surface area contributed by atoms with Gasteiger partial charge >= 0.3 is 0 Å². The van der Waals surface area contributed by atoms with Gasteiger partial charge in [0.1, 0.15) is 11.3 Å². The third-order valence-electron chi connectivity index (χ3n) is 6.47. The maximum absolute atomic E-state index is 11.2. The van der Waals surface area contributed by atoms with Crippen LogP contribution in [0.3, 0.4) is 0 Å².